The van der Waals surface area contributed by atoms with E-state index in [1.54, 1.807) is 5.01 Å². The first-order valence-corrected chi connectivity index (χ1v) is 11.3. The average Bonchev–Trinajstić information content (AvgIpc) is 3.32. The Kier molecular flexibility index (Phi) is 6.61. The lowest BCUT2D eigenvalue weighted by Crippen LogP contribution is -2.70. The van der Waals surface area contributed by atoms with Crippen molar-refractivity contribution in [2.24, 2.45) is 0 Å². The van der Waals surface area contributed by atoms with Crippen LogP contribution in [0.5, 0.6) is 0 Å². The summed E-state index contributed by atoms with van der Waals surface area (Å²) in [7, 11) is 0. The van der Waals surface area contributed by atoms with Crippen molar-refractivity contribution in [2.45, 2.75) is 30.7 Å². The molecule has 3 heterocycles. The van der Waals surface area contributed by atoms with Gasteiger partial charge in [-0.2, -0.15) is 0 Å². The molecule has 2 saturated heterocycles. The molecule has 2 fully saturated rings. The molecule has 12 heteroatoms. The number of hydrogen-bond donors (Lipinski definition) is 3. The first kappa shape index (κ1) is 22.1. The zero-order chi connectivity index (χ0) is 22.7. The standard InChI is InChI=1S/C20H23N5O6S/c26-15(10-13-6-2-1-3-7-13)21-16-18(27)24-17(20(28)29)14(12-32-19(16)24)11-31-22-25(30)23-8-4-5-9-23/h1-3,6-7,16,19H,4-5,8-12H2,(H2-,21,22,26,28,29,30)/p+1/t16-,19-/m1/s1. The van der Waals surface area contributed by atoms with Crippen LogP contribution in [0.3, 0.4) is 0 Å². The fourth-order valence-electron chi connectivity index (χ4n) is 3.91. The molecule has 2 amide bonds. The van der Waals surface area contributed by atoms with Gasteiger partial charge in [0.2, 0.25) is 5.91 Å². The lowest BCUT2D eigenvalue weighted by molar-refractivity contribution is -0.785. The van der Waals surface area contributed by atoms with Gasteiger partial charge in [0.05, 0.1) is 24.4 Å². The summed E-state index contributed by atoms with van der Waals surface area (Å²) < 4.78 is 0. The molecular weight excluding hydrogens is 438 g/mol. The minimum atomic E-state index is -1.25. The highest BCUT2D eigenvalue weighted by Gasteiger charge is 2.54. The number of rotatable bonds is 9. The van der Waals surface area contributed by atoms with Crippen LogP contribution < -0.4 is 10.9 Å². The summed E-state index contributed by atoms with van der Waals surface area (Å²) in [5.41, 5.74) is 3.29. The molecular formula is C20H24N5O6S+. The van der Waals surface area contributed by atoms with Gasteiger partial charge in [0.15, 0.2) is 0 Å². The number of carbonyl (C=O) groups excluding carboxylic acids is 2. The van der Waals surface area contributed by atoms with Gasteiger partial charge in [0, 0.05) is 11.3 Å². The number of aliphatic carboxylic acids is 1. The van der Waals surface area contributed by atoms with Crippen molar-refractivity contribution < 1.29 is 29.3 Å². The highest BCUT2D eigenvalue weighted by atomic mass is 32.2. The van der Waals surface area contributed by atoms with Gasteiger partial charge in [-0.05, 0) is 24.0 Å². The lowest BCUT2D eigenvalue weighted by Gasteiger charge is -2.49. The quantitative estimate of drug-likeness (QED) is 0.267. The highest BCUT2D eigenvalue weighted by molar-refractivity contribution is 8.00. The molecule has 11 nitrogen and oxygen atoms in total. The maximum Gasteiger partial charge on any atom is 0.352 e. The Balaban J connectivity index is 1.35. The minimum absolute atomic E-state index is 0.136. The van der Waals surface area contributed by atoms with Gasteiger partial charge in [-0.25, -0.2) is 9.63 Å². The number of fused-ring (bicyclic) bond motifs is 1. The number of hydrazine groups is 2. The Morgan fingerprint density at radius 3 is 2.62 bits per heavy atom. The summed E-state index contributed by atoms with van der Waals surface area (Å²) in [6.45, 7) is 1.09. The van der Waals surface area contributed by atoms with Gasteiger partial charge in [-0.15, -0.1) is 16.8 Å². The molecule has 3 aliphatic heterocycles. The van der Waals surface area contributed by atoms with Crippen LogP contribution in [-0.4, -0.2) is 74.6 Å². The summed E-state index contributed by atoms with van der Waals surface area (Å²) in [4.78, 5) is 55.7. The third-order valence-corrected chi connectivity index (χ3v) is 6.84. The molecule has 0 unspecified atom stereocenters. The van der Waals surface area contributed by atoms with E-state index in [1.807, 2.05) is 30.3 Å². The summed E-state index contributed by atoms with van der Waals surface area (Å²) in [6, 6.07) is 8.37. The third-order valence-electron chi connectivity index (χ3n) is 5.50. The fraction of sp³-hybridized carbons (Fsp3) is 0.450. The van der Waals surface area contributed by atoms with Gasteiger partial charge >= 0.3 is 5.97 Å². The van der Waals surface area contributed by atoms with E-state index in [-0.39, 0.29) is 24.6 Å². The number of nitrogens with one attached hydrogen (secondary N) is 2. The topological polar surface area (TPSA) is 131 Å². The van der Waals surface area contributed by atoms with E-state index < -0.39 is 23.3 Å². The molecule has 3 aliphatic rings. The van der Waals surface area contributed by atoms with Crippen molar-refractivity contribution in [3.05, 3.63) is 52.1 Å². The Morgan fingerprint density at radius 2 is 1.94 bits per heavy atom. The SMILES string of the molecule is O=C(Cc1ccccc1)N[C@@H]1C(=O)N2C(C(=O)O)=C(CON[N+](=O)N3CCCC3)CS[C@H]12. The van der Waals surface area contributed by atoms with Gasteiger partial charge in [0.25, 0.3) is 10.9 Å². The van der Waals surface area contributed by atoms with Crippen LogP contribution in [0.2, 0.25) is 0 Å². The van der Waals surface area contributed by atoms with Crippen LogP contribution >= 0.6 is 11.8 Å². The predicted octanol–water partition coefficient (Wildman–Crippen LogP) is 0.194. The molecule has 0 aliphatic carbocycles. The molecule has 1 aromatic carbocycles. The normalized spacial score (nSPS) is 22.3. The minimum Gasteiger partial charge on any atom is -0.477 e. The molecule has 0 bridgehead atoms. The van der Waals surface area contributed by atoms with Crippen LogP contribution in [0.15, 0.2) is 41.6 Å². The molecule has 3 N–H and O–H groups in total. The monoisotopic (exact) mass is 462 g/mol. The molecule has 4 rings (SSSR count). The van der Waals surface area contributed by atoms with Crippen LogP contribution in [-0.2, 0) is 25.6 Å². The lowest BCUT2D eigenvalue weighted by atomic mass is 10.0. The number of carbonyl (C=O) groups is 3. The van der Waals surface area contributed by atoms with E-state index in [0.29, 0.717) is 29.4 Å². The van der Waals surface area contributed by atoms with Crippen molar-refractivity contribution in [2.75, 3.05) is 25.4 Å². The van der Waals surface area contributed by atoms with Gasteiger partial charge in [0.1, 0.15) is 23.7 Å². The van der Waals surface area contributed by atoms with Crippen LogP contribution in [0.4, 0.5) is 0 Å². The van der Waals surface area contributed by atoms with Crippen molar-refractivity contribution in [1.82, 2.24) is 20.8 Å². The average molecular weight is 463 g/mol. The van der Waals surface area contributed by atoms with Gasteiger partial charge in [-0.1, -0.05) is 30.3 Å². The second-order valence-electron chi connectivity index (χ2n) is 7.69. The fourth-order valence-corrected chi connectivity index (χ4v) is 5.24. The second kappa shape index (κ2) is 9.57. The highest BCUT2D eigenvalue weighted by Crippen LogP contribution is 2.40. The summed E-state index contributed by atoms with van der Waals surface area (Å²) >= 11 is 1.35. The van der Waals surface area contributed by atoms with E-state index in [9.17, 15) is 24.4 Å². The molecule has 170 valence electrons. The van der Waals surface area contributed by atoms with Crippen molar-refractivity contribution in [3.63, 3.8) is 0 Å². The summed E-state index contributed by atoms with van der Waals surface area (Å²) in [5.74, 6) is -1.74. The maximum absolute atomic E-state index is 12.7. The van der Waals surface area contributed by atoms with E-state index in [1.165, 1.54) is 16.7 Å². The number of β-lactam (4-membered cyclic amide) rings is 1. The van der Waals surface area contributed by atoms with Crippen molar-refractivity contribution in [1.29, 1.82) is 0 Å². The van der Waals surface area contributed by atoms with E-state index in [2.05, 4.69) is 10.9 Å². The number of hydrogen-bond acceptors (Lipinski definition) is 6. The second-order valence-corrected chi connectivity index (χ2v) is 8.79. The summed E-state index contributed by atoms with van der Waals surface area (Å²) in [5, 5.41) is 13.4. The van der Waals surface area contributed by atoms with E-state index >= 15 is 0 Å². The Labute approximate surface area is 188 Å². The Bertz CT molecular complexity index is 949. The van der Waals surface area contributed by atoms with Gasteiger partial charge in [-0.3, -0.25) is 14.5 Å². The molecule has 0 saturated carbocycles. The number of nitroso groups, excluding NO2 is 1. The largest absolute Gasteiger partial charge is 0.477 e. The molecule has 32 heavy (non-hydrogen) atoms. The zero-order valence-electron chi connectivity index (χ0n) is 17.2. The number of benzene rings is 1. The number of thioether (sulfide) groups is 1. The maximum atomic E-state index is 12.7. The molecule has 0 radical (unpaired) electrons. The van der Waals surface area contributed by atoms with Crippen molar-refractivity contribution >= 4 is 29.5 Å². The predicted molar refractivity (Wildman–Crippen MR) is 113 cm³/mol. The third kappa shape index (κ3) is 4.55. The number of carboxylic acid groups (broad SMARTS) is 1. The number of amides is 2. The van der Waals surface area contributed by atoms with Crippen molar-refractivity contribution in [3.8, 4) is 0 Å². The van der Waals surface area contributed by atoms with Crippen LogP contribution in [0, 0.1) is 4.91 Å². The van der Waals surface area contributed by atoms with E-state index in [4.69, 9.17) is 4.84 Å². The smallest absolute Gasteiger partial charge is 0.352 e. The van der Waals surface area contributed by atoms with Crippen LogP contribution in [0.25, 0.3) is 0 Å². The number of carboxylic acids is 1. The van der Waals surface area contributed by atoms with E-state index in [0.717, 1.165) is 18.4 Å². The molecule has 1 aromatic rings. The Morgan fingerprint density at radius 1 is 1.22 bits per heavy atom. The molecule has 2 atom stereocenters. The van der Waals surface area contributed by atoms with Gasteiger partial charge < -0.3 is 10.4 Å². The molecule has 0 aromatic heterocycles. The number of nitrogens with zero attached hydrogens (tertiary/aromatic N) is 3. The first-order chi connectivity index (χ1) is 15.5. The zero-order valence-corrected chi connectivity index (χ0v) is 18.0. The Hall–Kier alpha value is -3.12. The molecule has 0 spiro atoms. The van der Waals surface area contributed by atoms with Crippen LogP contribution in [0.1, 0.15) is 18.4 Å². The first-order valence-electron chi connectivity index (χ1n) is 10.3. The summed E-state index contributed by atoms with van der Waals surface area (Å²) in [6.07, 6.45) is 1.98.